The molecule has 0 aliphatic heterocycles. The largest absolute Gasteiger partial charge is 0.507 e. The van der Waals surface area contributed by atoms with Crippen LogP contribution in [0.1, 0.15) is 61.0 Å². The Morgan fingerprint density at radius 3 is 2.00 bits per heavy atom. The molecule has 1 N–H and O–H groups in total. The number of phenols is 1. The van der Waals surface area contributed by atoms with E-state index in [-0.39, 0.29) is 5.97 Å². The zero-order chi connectivity index (χ0) is 17.4. The molecule has 0 fully saturated rings. The maximum atomic E-state index is 12.5. The predicted molar refractivity (Wildman–Crippen MR) is 96.7 cm³/mol. The number of hydrogen-bond donors (Lipinski definition) is 1. The molecule has 2 aromatic carbocycles. The molecule has 2 rings (SSSR count). The van der Waals surface area contributed by atoms with E-state index in [1.807, 2.05) is 18.2 Å². The van der Waals surface area contributed by atoms with Crippen LogP contribution in [0.15, 0.2) is 42.5 Å². The van der Waals surface area contributed by atoms with Gasteiger partial charge in [-0.25, -0.2) is 4.79 Å². The van der Waals surface area contributed by atoms with E-state index in [0.717, 1.165) is 49.7 Å². The Kier molecular flexibility index (Phi) is 6.86. The molecule has 0 unspecified atom stereocenters. The molecule has 0 amide bonds. The van der Waals surface area contributed by atoms with Crippen LogP contribution < -0.4 is 4.74 Å². The molecule has 0 radical (unpaired) electrons. The minimum atomic E-state index is -0.378. The van der Waals surface area contributed by atoms with Crippen molar-refractivity contribution in [3.8, 4) is 11.5 Å². The van der Waals surface area contributed by atoms with Gasteiger partial charge < -0.3 is 9.84 Å². The second-order valence-corrected chi connectivity index (χ2v) is 6.05. The van der Waals surface area contributed by atoms with Gasteiger partial charge in [-0.05, 0) is 61.1 Å². The molecule has 0 aliphatic rings. The molecule has 3 nitrogen and oxygen atoms in total. The van der Waals surface area contributed by atoms with Gasteiger partial charge in [0, 0.05) is 0 Å². The average Bonchev–Trinajstić information content (AvgIpc) is 2.60. The molecule has 0 spiro atoms. The minimum absolute atomic E-state index is 0.341. The molecule has 0 saturated carbocycles. The number of aromatic hydroxyl groups is 1. The van der Waals surface area contributed by atoms with E-state index in [1.54, 1.807) is 24.3 Å². The number of ether oxygens (including phenoxy) is 1. The normalized spacial score (nSPS) is 10.6. The fraction of sp³-hybridized carbons (Fsp3) is 0.381. The molecule has 0 bridgehead atoms. The summed E-state index contributed by atoms with van der Waals surface area (Å²) in [5.41, 5.74) is 2.18. The molecular weight excluding hydrogens is 300 g/mol. The van der Waals surface area contributed by atoms with Crippen molar-refractivity contribution >= 4 is 5.97 Å². The van der Waals surface area contributed by atoms with Gasteiger partial charge in [-0.15, -0.1) is 0 Å². The molecule has 0 aliphatic carbocycles. The summed E-state index contributed by atoms with van der Waals surface area (Å²) in [5.74, 6) is 0.491. The molecule has 0 heterocycles. The van der Waals surface area contributed by atoms with Crippen molar-refractivity contribution in [2.45, 2.75) is 52.4 Å². The smallest absolute Gasteiger partial charge is 0.343 e. The lowest BCUT2D eigenvalue weighted by Gasteiger charge is -2.13. The topological polar surface area (TPSA) is 46.5 Å². The summed E-state index contributed by atoms with van der Waals surface area (Å²) in [5, 5.41) is 10.5. The van der Waals surface area contributed by atoms with Crippen molar-refractivity contribution in [3.63, 3.8) is 0 Å². The molecule has 128 valence electrons. The first-order chi connectivity index (χ1) is 11.7. The minimum Gasteiger partial charge on any atom is -0.507 e. The van der Waals surface area contributed by atoms with E-state index in [9.17, 15) is 9.90 Å². The Balaban J connectivity index is 2.28. The second kappa shape index (κ2) is 9.11. The monoisotopic (exact) mass is 326 g/mol. The number of hydrogen-bond acceptors (Lipinski definition) is 3. The van der Waals surface area contributed by atoms with E-state index in [2.05, 4.69) is 13.8 Å². The van der Waals surface area contributed by atoms with Gasteiger partial charge in [-0.2, -0.15) is 0 Å². The number of unbranched alkanes of at least 4 members (excludes halogenated alkanes) is 2. The van der Waals surface area contributed by atoms with Crippen molar-refractivity contribution in [1.29, 1.82) is 0 Å². The fourth-order valence-corrected chi connectivity index (χ4v) is 2.65. The van der Waals surface area contributed by atoms with E-state index in [4.69, 9.17) is 4.74 Å². The highest BCUT2D eigenvalue weighted by Gasteiger charge is 2.15. The standard InChI is InChI=1S/C21H26O3/c1-3-5-10-16-14-18(15-17(20(16)22)11-6-4-2)21(23)24-19-12-8-7-9-13-19/h7-9,12-15,22H,3-6,10-11H2,1-2H3. The van der Waals surface area contributed by atoms with Crippen molar-refractivity contribution in [3.05, 3.63) is 59.2 Å². The van der Waals surface area contributed by atoms with Crippen LogP contribution in [0.2, 0.25) is 0 Å². The third-order valence-electron chi connectivity index (χ3n) is 4.06. The number of carbonyl (C=O) groups is 1. The first kappa shape index (κ1) is 18.1. The molecule has 2 aromatic rings. The van der Waals surface area contributed by atoms with Gasteiger partial charge >= 0.3 is 5.97 Å². The molecule has 3 heteroatoms. The summed E-state index contributed by atoms with van der Waals surface area (Å²) in [6.45, 7) is 4.23. The van der Waals surface area contributed by atoms with Gasteiger partial charge in [0.15, 0.2) is 0 Å². The lowest BCUT2D eigenvalue weighted by molar-refractivity contribution is 0.0734. The Hall–Kier alpha value is -2.29. The van der Waals surface area contributed by atoms with Crippen molar-refractivity contribution < 1.29 is 14.6 Å². The lowest BCUT2D eigenvalue weighted by atomic mass is 9.97. The van der Waals surface area contributed by atoms with E-state index in [1.165, 1.54) is 0 Å². The van der Waals surface area contributed by atoms with Crippen LogP contribution in [-0.2, 0) is 12.8 Å². The molecule has 0 saturated heterocycles. The zero-order valence-corrected chi connectivity index (χ0v) is 14.5. The van der Waals surface area contributed by atoms with E-state index >= 15 is 0 Å². The third kappa shape index (κ3) is 4.85. The Labute approximate surface area is 144 Å². The van der Waals surface area contributed by atoms with Crippen LogP contribution in [0.3, 0.4) is 0 Å². The summed E-state index contributed by atoms with van der Waals surface area (Å²) in [6, 6.07) is 12.6. The first-order valence-corrected chi connectivity index (χ1v) is 8.77. The number of aryl methyl sites for hydroxylation is 2. The third-order valence-corrected chi connectivity index (χ3v) is 4.06. The van der Waals surface area contributed by atoms with Crippen LogP contribution in [0.25, 0.3) is 0 Å². The molecular formula is C21H26O3. The highest BCUT2D eigenvalue weighted by molar-refractivity contribution is 5.92. The second-order valence-electron chi connectivity index (χ2n) is 6.05. The van der Waals surface area contributed by atoms with Gasteiger partial charge in [-0.1, -0.05) is 44.9 Å². The van der Waals surface area contributed by atoms with Crippen LogP contribution in [0.4, 0.5) is 0 Å². The van der Waals surface area contributed by atoms with Gasteiger partial charge in [0.25, 0.3) is 0 Å². The molecule has 0 atom stereocenters. The SMILES string of the molecule is CCCCc1cc(C(=O)Oc2ccccc2)cc(CCCC)c1O. The van der Waals surface area contributed by atoms with Gasteiger partial charge in [0.1, 0.15) is 11.5 Å². The van der Waals surface area contributed by atoms with Crippen molar-refractivity contribution in [1.82, 2.24) is 0 Å². The van der Waals surface area contributed by atoms with Gasteiger partial charge in [0.2, 0.25) is 0 Å². The average molecular weight is 326 g/mol. The van der Waals surface area contributed by atoms with Crippen LogP contribution in [-0.4, -0.2) is 11.1 Å². The summed E-state index contributed by atoms with van der Waals surface area (Å²) >= 11 is 0. The van der Waals surface area contributed by atoms with E-state index < -0.39 is 0 Å². The number of benzene rings is 2. The summed E-state index contributed by atoms with van der Waals surface area (Å²) in [7, 11) is 0. The summed E-state index contributed by atoms with van der Waals surface area (Å²) in [6.07, 6.45) is 5.60. The maximum absolute atomic E-state index is 12.5. The van der Waals surface area contributed by atoms with Crippen molar-refractivity contribution in [2.24, 2.45) is 0 Å². The fourth-order valence-electron chi connectivity index (χ4n) is 2.65. The summed E-state index contributed by atoms with van der Waals surface area (Å²) < 4.78 is 5.44. The van der Waals surface area contributed by atoms with Crippen LogP contribution in [0, 0.1) is 0 Å². The highest BCUT2D eigenvalue weighted by atomic mass is 16.5. The lowest BCUT2D eigenvalue weighted by Crippen LogP contribution is -2.10. The van der Waals surface area contributed by atoms with Gasteiger partial charge in [-0.3, -0.25) is 0 Å². The Bertz CT molecular complexity index is 633. The van der Waals surface area contributed by atoms with Crippen LogP contribution >= 0.6 is 0 Å². The number of rotatable bonds is 8. The Morgan fingerprint density at radius 1 is 0.958 bits per heavy atom. The predicted octanol–water partition coefficient (Wildman–Crippen LogP) is 5.30. The maximum Gasteiger partial charge on any atom is 0.343 e. The number of esters is 1. The number of para-hydroxylation sites is 1. The summed E-state index contributed by atoms with van der Waals surface area (Å²) in [4.78, 5) is 12.5. The van der Waals surface area contributed by atoms with Crippen molar-refractivity contribution in [2.75, 3.05) is 0 Å². The molecule has 24 heavy (non-hydrogen) atoms. The highest BCUT2D eigenvalue weighted by Crippen LogP contribution is 2.28. The molecule has 0 aromatic heterocycles. The number of phenolic OH excluding ortho intramolecular Hbond substituents is 1. The Morgan fingerprint density at radius 2 is 1.50 bits per heavy atom. The van der Waals surface area contributed by atoms with Gasteiger partial charge in [0.05, 0.1) is 5.56 Å². The zero-order valence-electron chi connectivity index (χ0n) is 14.5. The van der Waals surface area contributed by atoms with Crippen LogP contribution in [0.5, 0.6) is 11.5 Å². The quantitative estimate of drug-likeness (QED) is 0.529. The first-order valence-electron chi connectivity index (χ1n) is 8.77. The number of carbonyl (C=O) groups excluding carboxylic acids is 1. The van der Waals surface area contributed by atoms with E-state index in [0.29, 0.717) is 17.1 Å².